The van der Waals surface area contributed by atoms with E-state index in [-0.39, 0.29) is 49.9 Å². The molecule has 3 rings (SSSR count). The van der Waals surface area contributed by atoms with Crippen molar-refractivity contribution in [2.24, 2.45) is 0 Å². The summed E-state index contributed by atoms with van der Waals surface area (Å²) in [5.41, 5.74) is 1.55. The van der Waals surface area contributed by atoms with Crippen LogP contribution in [-0.4, -0.2) is 51.0 Å². The van der Waals surface area contributed by atoms with E-state index >= 15 is 0 Å². The second kappa shape index (κ2) is 13.7. The molecule has 0 radical (unpaired) electrons. The number of likely N-dealkylation sites (N-methyl/N-ethyl adjacent to an activating group) is 1. The molecule has 41 heavy (non-hydrogen) atoms. The molecule has 7 nitrogen and oxygen atoms in total. The quantitative estimate of drug-likeness (QED) is 0.324. The van der Waals surface area contributed by atoms with Crippen molar-refractivity contribution in [3.05, 3.63) is 101 Å². The molecule has 0 unspecified atom stereocenters. The van der Waals surface area contributed by atoms with Gasteiger partial charge in [-0.15, -0.1) is 0 Å². The van der Waals surface area contributed by atoms with E-state index in [0.717, 1.165) is 45.5 Å². The molecule has 0 aliphatic carbocycles. The number of halogens is 3. The van der Waals surface area contributed by atoms with Crippen LogP contribution in [0.15, 0.2) is 78.9 Å². The van der Waals surface area contributed by atoms with E-state index in [2.05, 4.69) is 5.32 Å². The van der Waals surface area contributed by atoms with Crippen molar-refractivity contribution in [1.29, 1.82) is 0 Å². The second-order valence-electron chi connectivity index (χ2n) is 9.82. The van der Waals surface area contributed by atoms with Crippen LogP contribution in [0.5, 0.6) is 0 Å². The van der Waals surface area contributed by atoms with Crippen molar-refractivity contribution in [2.75, 3.05) is 24.2 Å². The summed E-state index contributed by atoms with van der Waals surface area (Å²) in [6.07, 6.45) is -3.57. The fourth-order valence-electron chi connectivity index (χ4n) is 4.57. The highest BCUT2D eigenvalue weighted by atomic mass is 32.2. The maximum atomic E-state index is 13.7. The van der Waals surface area contributed by atoms with Gasteiger partial charge in [-0.3, -0.25) is 13.9 Å². The summed E-state index contributed by atoms with van der Waals surface area (Å²) >= 11 is 0. The summed E-state index contributed by atoms with van der Waals surface area (Å²) in [5.74, 6) is -0.731. The van der Waals surface area contributed by atoms with Crippen LogP contribution in [0, 0.1) is 6.92 Å². The maximum Gasteiger partial charge on any atom is 0.416 e. The molecule has 1 atom stereocenters. The Hall–Kier alpha value is -3.86. The highest BCUT2D eigenvalue weighted by molar-refractivity contribution is 7.92. The number of hydrogen-bond acceptors (Lipinski definition) is 4. The summed E-state index contributed by atoms with van der Waals surface area (Å²) in [6, 6.07) is 20.0. The minimum atomic E-state index is -4.64. The zero-order valence-electron chi connectivity index (χ0n) is 23.2. The van der Waals surface area contributed by atoms with Gasteiger partial charge in [-0.1, -0.05) is 66.2 Å². The minimum Gasteiger partial charge on any atom is -0.357 e. The Kier molecular flexibility index (Phi) is 10.6. The first kappa shape index (κ1) is 31.7. The van der Waals surface area contributed by atoms with Crippen LogP contribution >= 0.6 is 0 Å². The van der Waals surface area contributed by atoms with Gasteiger partial charge in [0.2, 0.25) is 21.8 Å². The number of alkyl halides is 3. The van der Waals surface area contributed by atoms with Crippen molar-refractivity contribution in [2.45, 2.75) is 44.9 Å². The average molecular weight is 590 g/mol. The number of benzene rings is 3. The molecule has 0 saturated carbocycles. The number of nitrogens with one attached hydrogen (secondary N) is 1. The van der Waals surface area contributed by atoms with Gasteiger partial charge in [0.1, 0.15) is 6.04 Å². The third-order valence-corrected chi connectivity index (χ3v) is 7.76. The summed E-state index contributed by atoms with van der Waals surface area (Å²) in [5, 5.41) is 2.64. The zero-order chi connectivity index (χ0) is 30.2. The van der Waals surface area contributed by atoms with Gasteiger partial charge >= 0.3 is 6.18 Å². The van der Waals surface area contributed by atoms with Gasteiger partial charge in [0.25, 0.3) is 0 Å². The summed E-state index contributed by atoms with van der Waals surface area (Å²) in [4.78, 5) is 28.2. The van der Waals surface area contributed by atoms with Crippen LogP contribution in [0.1, 0.15) is 35.1 Å². The van der Waals surface area contributed by atoms with E-state index < -0.39 is 27.8 Å². The molecule has 0 spiro atoms. The van der Waals surface area contributed by atoms with Crippen molar-refractivity contribution in [3.8, 4) is 0 Å². The van der Waals surface area contributed by atoms with Crippen LogP contribution < -0.4 is 9.62 Å². The number of nitrogens with zero attached hydrogens (tertiary/aromatic N) is 2. The number of hydrogen-bond donors (Lipinski definition) is 1. The first-order chi connectivity index (χ1) is 19.3. The predicted octanol–water partition coefficient (Wildman–Crippen LogP) is 4.95. The fourth-order valence-corrected chi connectivity index (χ4v) is 5.53. The molecule has 1 N–H and O–H groups in total. The van der Waals surface area contributed by atoms with Gasteiger partial charge in [-0.25, -0.2) is 8.42 Å². The Labute approximate surface area is 239 Å². The van der Waals surface area contributed by atoms with Crippen LogP contribution in [0.2, 0.25) is 0 Å². The van der Waals surface area contributed by atoms with Crippen LogP contribution in [-0.2, 0) is 38.8 Å². The van der Waals surface area contributed by atoms with Crippen molar-refractivity contribution in [3.63, 3.8) is 0 Å². The molecule has 3 aromatic carbocycles. The molecule has 11 heteroatoms. The molecule has 0 aliphatic heterocycles. The van der Waals surface area contributed by atoms with Gasteiger partial charge in [0, 0.05) is 33.0 Å². The molecular weight excluding hydrogens is 555 g/mol. The van der Waals surface area contributed by atoms with Crippen LogP contribution in [0.25, 0.3) is 0 Å². The third kappa shape index (κ3) is 9.07. The first-order valence-electron chi connectivity index (χ1n) is 13.0. The van der Waals surface area contributed by atoms with E-state index in [4.69, 9.17) is 0 Å². The number of sulfonamides is 1. The number of amides is 2. The van der Waals surface area contributed by atoms with E-state index in [9.17, 15) is 31.2 Å². The van der Waals surface area contributed by atoms with Gasteiger partial charge in [0.15, 0.2) is 0 Å². The smallest absolute Gasteiger partial charge is 0.357 e. The molecule has 0 heterocycles. The fraction of sp³-hybridized carbons (Fsp3) is 0.333. The largest absolute Gasteiger partial charge is 0.416 e. The minimum absolute atomic E-state index is 0.0261. The molecular formula is C30H34F3N3O4S. The van der Waals surface area contributed by atoms with Crippen LogP contribution in [0.3, 0.4) is 0 Å². The van der Waals surface area contributed by atoms with Gasteiger partial charge in [-0.2, -0.15) is 13.2 Å². The van der Waals surface area contributed by atoms with Crippen molar-refractivity contribution in [1.82, 2.24) is 10.2 Å². The van der Waals surface area contributed by atoms with E-state index in [1.54, 1.807) is 0 Å². The monoisotopic (exact) mass is 589 g/mol. The Morgan fingerprint density at radius 3 is 2.20 bits per heavy atom. The van der Waals surface area contributed by atoms with Crippen molar-refractivity contribution >= 4 is 27.5 Å². The molecule has 0 aromatic heterocycles. The third-order valence-electron chi connectivity index (χ3n) is 6.57. The second-order valence-corrected chi connectivity index (χ2v) is 11.7. The Morgan fingerprint density at radius 1 is 0.927 bits per heavy atom. The summed E-state index contributed by atoms with van der Waals surface area (Å²) < 4.78 is 65.6. The van der Waals surface area contributed by atoms with E-state index in [1.807, 2.05) is 61.5 Å². The highest BCUT2D eigenvalue weighted by Gasteiger charge is 2.32. The van der Waals surface area contributed by atoms with Gasteiger partial charge in [-0.05, 0) is 42.7 Å². The lowest BCUT2D eigenvalue weighted by atomic mass is 10.0. The highest BCUT2D eigenvalue weighted by Crippen LogP contribution is 2.32. The summed E-state index contributed by atoms with van der Waals surface area (Å²) in [7, 11) is -2.45. The Balaban J connectivity index is 1.86. The summed E-state index contributed by atoms with van der Waals surface area (Å²) in [6.45, 7) is 1.85. The van der Waals surface area contributed by atoms with Gasteiger partial charge < -0.3 is 10.2 Å². The number of carbonyl (C=O) groups is 2. The number of carbonyl (C=O) groups excluding carboxylic acids is 2. The van der Waals surface area contributed by atoms with Gasteiger partial charge in [0.05, 0.1) is 17.5 Å². The SMILES string of the molecule is CNC(=O)[C@H](Cc1ccccc1)N(Cc1cccc(C)c1)C(=O)CCCN(c1cccc(C(F)(F)F)c1)S(C)(=O)=O. The Bertz CT molecular complexity index is 1450. The molecule has 220 valence electrons. The molecule has 3 aromatic rings. The standard InChI is InChI=1S/C30H34F3N3O4S/c1-22-10-7-13-24(18-22)21-35(27(29(38)34-2)19-23-11-5-4-6-12-23)28(37)16-9-17-36(41(3,39)40)26-15-8-14-25(20-26)30(31,32)33/h4-8,10-15,18,20,27H,9,16-17,19,21H2,1-3H3,(H,34,38)/t27-/m0/s1. The molecule has 0 aliphatic rings. The maximum absolute atomic E-state index is 13.7. The molecule has 2 amide bonds. The number of rotatable bonds is 12. The molecule has 0 saturated heterocycles. The van der Waals surface area contributed by atoms with Crippen LogP contribution in [0.4, 0.5) is 18.9 Å². The average Bonchev–Trinajstić information content (AvgIpc) is 2.92. The lowest BCUT2D eigenvalue weighted by molar-refractivity contribution is -0.141. The lowest BCUT2D eigenvalue weighted by Gasteiger charge is -2.31. The number of aryl methyl sites for hydroxylation is 1. The van der Waals surface area contributed by atoms with E-state index in [0.29, 0.717) is 0 Å². The number of anilines is 1. The van der Waals surface area contributed by atoms with E-state index in [1.165, 1.54) is 18.0 Å². The van der Waals surface area contributed by atoms with Crippen molar-refractivity contribution < 1.29 is 31.2 Å². The Morgan fingerprint density at radius 2 is 1.59 bits per heavy atom. The lowest BCUT2D eigenvalue weighted by Crippen LogP contribution is -2.49. The topological polar surface area (TPSA) is 86.8 Å². The zero-order valence-corrected chi connectivity index (χ0v) is 24.0. The molecule has 0 bridgehead atoms. The predicted molar refractivity (Wildman–Crippen MR) is 153 cm³/mol. The normalized spacial score (nSPS) is 12.4. The molecule has 0 fully saturated rings. The first-order valence-corrected chi connectivity index (χ1v) is 14.9.